The molecule has 7 heteroatoms. The van der Waals surface area contributed by atoms with Crippen molar-refractivity contribution in [1.29, 1.82) is 0 Å². The van der Waals surface area contributed by atoms with E-state index in [1.54, 1.807) is 31.5 Å². The summed E-state index contributed by atoms with van der Waals surface area (Å²) in [5, 5.41) is 3.82. The number of aryl methyl sites for hydroxylation is 1. The van der Waals surface area contributed by atoms with Gasteiger partial charge in [-0.2, -0.15) is 4.98 Å². The Morgan fingerprint density at radius 3 is 3.09 bits per heavy atom. The molecule has 1 amide bonds. The number of hydrogen-bond donors (Lipinski definition) is 0. The Morgan fingerprint density at radius 2 is 2.35 bits per heavy atom. The SMILES string of the molecule is Cc1noc([C@H]2C[C@@H]3CCN(C(=O)c4cccnc4)C[C@H]3O2)n1. The molecule has 3 atom stereocenters. The van der Waals surface area contributed by atoms with Gasteiger partial charge in [-0.1, -0.05) is 5.16 Å². The van der Waals surface area contributed by atoms with E-state index in [-0.39, 0.29) is 18.1 Å². The number of aromatic nitrogens is 3. The predicted molar refractivity (Wildman–Crippen MR) is 79.5 cm³/mol. The van der Waals surface area contributed by atoms with Gasteiger partial charge in [-0.05, 0) is 37.8 Å². The van der Waals surface area contributed by atoms with Gasteiger partial charge in [0.25, 0.3) is 11.8 Å². The molecule has 4 heterocycles. The third-order valence-electron chi connectivity index (χ3n) is 4.57. The van der Waals surface area contributed by atoms with Crippen LogP contribution in [0.25, 0.3) is 0 Å². The number of amides is 1. The lowest BCUT2D eigenvalue weighted by atomic mass is 9.91. The molecule has 120 valence electrons. The van der Waals surface area contributed by atoms with E-state index in [2.05, 4.69) is 15.1 Å². The van der Waals surface area contributed by atoms with Crippen LogP contribution in [-0.4, -0.2) is 45.1 Å². The Hall–Kier alpha value is -2.28. The van der Waals surface area contributed by atoms with Crippen LogP contribution in [0.5, 0.6) is 0 Å². The molecular weight excluding hydrogens is 296 g/mol. The van der Waals surface area contributed by atoms with Crippen LogP contribution in [-0.2, 0) is 4.74 Å². The molecule has 2 aliphatic rings. The number of likely N-dealkylation sites (tertiary alicyclic amines) is 1. The van der Waals surface area contributed by atoms with Gasteiger partial charge in [-0.15, -0.1) is 0 Å². The summed E-state index contributed by atoms with van der Waals surface area (Å²) >= 11 is 0. The van der Waals surface area contributed by atoms with Gasteiger partial charge in [0, 0.05) is 25.5 Å². The van der Waals surface area contributed by atoms with E-state index >= 15 is 0 Å². The quantitative estimate of drug-likeness (QED) is 0.840. The molecule has 0 saturated carbocycles. The minimum atomic E-state index is -0.153. The van der Waals surface area contributed by atoms with E-state index in [0.29, 0.717) is 29.7 Å². The van der Waals surface area contributed by atoms with E-state index in [4.69, 9.17) is 9.26 Å². The number of nitrogens with zero attached hydrogens (tertiary/aromatic N) is 4. The van der Waals surface area contributed by atoms with Crippen LogP contribution < -0.4 is 0 Å². The lowest BCUT2D eigenvalue weighted by Gasteiger charge is -2.34. The summed E-state index contributed by atoms with van der Waals surface area (Å²) in [6.07, 6.45) is 4.96. The molecule has 2 saturated heterocycles. The van der Waals surface area contributed by atoms with Gasteiger partial charge >= 0.3 is 0 Å². The second kappa shape index (κ2) is 5.73. The standard InChI is InChI=1S/C16H18N4O3/c1-10-18-15(23-19-10)13-7-11-4-6-20(9-14(11)22-13)16(21)12-3-2-5-17-8-12/h2-3,5,8,11,13-14H,4,6-7,9H2,1H3/t11-,13+,14+/m0/s1. The van der Waals surface area contributed by atoms with Crippen LogP contribution in [0.1, 0.15) is 41.0 Å². The van der Waals surface area contributed by atoms with Gasteiger partial charge in [-0.25, -0.2) is 0 Å². The first-order chi connectivity index (χ1) is 11.2. The van der Waals surface area contributed by atoms with Gasteiger partial charge < -0.3 is 14.2 Å². The smallest absolute Gasteiger partial charge is 0.255 e. The number of carbonyl (C=O) groups excluding carboxylic acids is 1. The zero-order valence-corrected chi connectivity index (χ0v) is 12.9. The van der Waals surface area contributed by atoms with E-state index in [9.17, 15) is 4.79 Å². The lowest BCUT2D eigenvalue weighted by Crippen LogP contribution is -2.45. The number of ether oxygens (including phenoxy) is 1. The van der Waals surface area contributed by atoms with Crippen LogP contribution >= 0.6 is 0 Å². The summed E-state index contributed by atoms with van der Waals surface area (Å²) in [4.78, 5) is 22.7. The molecule has 7 nitrogen and oxygen atoms in total. The zero-order valence-electron chi connectivity index (χ0n) is 12.9. The van der Waals surface area contributed by atoms with Crippen molar-refractivity contribution in [2.24, 2.45) is 5.92 Å². The van der Waals surface area contributed by atoms with Crippen molar-refractivity contribution in [3.8, 4) is 0 Å². The predicted octanol–water partition coefficient (Wildman–Crippen LogP) is 1.77. The monoisotopic (exact) mass is 314 g/mol. The summed E-state index contributed by atoms with van der Waals surface area (Å²) < 4.78 is 11.3. The molecule has 2 aromatic heterocycles. The fourth-order valence-electron chi connectivity index (χ4n) is 3.39. The number of carbonyl (C=O) groups is 1. The number of fused-ring (bicyclic) bond motifs is 1. The average molecular weight is 314 g/mol. The Labute approximate surface area is 133 Å². The molecule has 0 aromatic carbocycles. The highest BCUT2D eigenvalue weighted by atomic mass is 16.5. The topological polar surface area (TPSA) is 81.4 Å². The molecule has 0 spiro atoms. The lowest BCUT2D eigenvalue weighted by molar-refractivity contribution is -0.0137. The van der Waals surface area contributed by atoms with Crippen molar-refractivity contribution in [2.45, 2.75) is 32.0 Å². The average Bonchev–Trinajstić information content (AvgIpc) is 3.20. The Kier molecular flexibility index (Phi) is 3.57. The zero-order chi connectivity index (χ0) is 15.8. The minimum absolute atomic E-state index is 0.0113. The molecule has 2 fully saturated rings. The number of rotatable bonds is 2. The molecule has 0 N–H and O–H groups in total. The maximum absolute atomic E-state index is 12.5. The Morgan fingerprint density at radius 1 is 1.43 bits per heavy atom. The molecule has 0 aliphatic carbocycles. The fourth-order valence-corrected chi connectivity index (χ4v) is 3.39. The Balaban J connectivity index is 1.44. The highest BCUT2D eigenvalue weighted by molar-refractivity contribution is 5.93. The van der Waals surface area contributed by atoms with E-state index in [1.807, 2.05) is 4.90 Å². The number of pyridine rings is 1. The molecule has 23 heavy (non-hydrogen) atoms. The fraction of sp³-hybridized carbons (Fsp3) is 0.500. The van der Waals surface area contributed by atoms with Gasteiger partial charge in [0.1, 0.15) is 6.10 Å². The number of hydrogen-bond acceptors (Lipinski definition) is 6. The van der Waals surface area contributed by atoms with Gasteiger partial charge in [0.2, 0.25) is 0 Å². The molecule has 0 bridgehead atoms. The van der Waals surface area contributed by atoms with Gasteiger partial charge in [0.15, 0.2) is 5.82 Å². The second-order valence-corrected chi connectivity index (χ2v) is 6.12. The van der Waals surface area contributed by atoms with Gasteiger partial charge in [0.05, 0.1) is 11.7 Å². The maximum Gasteiger partial charge on any atom is 0.255 e. The Bertz CT molecular complexity index is 702. The van der Waals surface area contributed by atoms with Crippen molar-refractivity contribution >= 4 is 5.91 Å². The van der Waals surface area contributed by atoms with Crippen LogP contribution in [0.2, 0.25) is 0 Å². The van der Waals surface area contributed by atoms with Crippen LogP contribution in [0, 0.1) is 12.8 Å². The molecule has 2 aliphatic heterocycles. The van der Waals surface area contributed by atoms with Crippen LogP contribution in [0.15, 0.2) is 29.0 Å². The molecule has 2 aromatic rings. The summed E-state index contributed by atoms with van der Waals surface area (Å²) in [6, 6.07) is 3.57. The number of piperidine rings is 1. The van der Waals surface area contributed by atoms with Crippen LogP contribution in [0.4, 0.5) is 0 Å². The summed E-state index contributed by atoms with van der Waals surface area (Å²) in [7, 11) is 0. The summed E-state index contributed by atoms with van der Waals surface area (Å²) in [5.41, 5.74) is 0.619. The minimum Gasteiger partial charge on any atom is -0.363 e. The molecule has 0 radical (unpaired) electrons. The highest BCUT2D eigenvalue weighted by Gasteiger charge is 2.42. The van der Waals surface area contributed by atoms with Gasteiger partial charge in [-0.3, -0.25) is 9.78 Å². The maximum atomic E-state index is 12.5. The third kappa shape index (κ3) is 2.72. The molecule has 0 unspecified atom stereocenters. The van der Waals surface area contributed by atoms with Crippen molar-refractivity contribution < 1.29 is 14.1 Å². The van der Waals surface area contributed by atoms with Crippen molar-refractivity contribution in [1.82, 2.24) is 20.0 Å². The molecule has 4 rings (SSSR count). The first-order valence-corrected chi connectivity index (χ1v) is 7.85. The van der Waals surface area contributed by atoms with Crippen LogP contribution in [0.3, 0.4) is 0 Å². The summed E-state index contributed by atoms with van der Waals surface area (Å²) in [5.74, 6) is 1.61. The normalized spacial score (nSPS) is 27.0. The van der Waals surface area contributed by atoms with Crippen molar-refractivity contribution in [2.75, 3.05) is 13.1 Å². The van der Waals surface area contributed by atoms with E-state index in [0.717, 1.165) is 19.4 Å². The van der Waals surface area contributed by atoms with Crippen molar-refractivity contribution in [3.63, 3.8) is 0 Å². The molecular formula is C16H18N4O3. The van der Waals surface area contributed by atoms with E-state index < -0.39 is 0 Å². The first kappa shape index (κ1) is 14.3. The van der Waals surface area contributed by atoms with E-state index in [1.165, 1.54) is 0 Å². The highest BCUT2D eigenvalue weighted by Crippen LogP contribution is 2.40. The second-order valence-electron chi connectivity index (χ2n) is 6.12. The van der Waals surface area contributed by atoms with Crippen molar-refractivity contribution in [3.05, 3.63) is 41.8 Å². The third-order valence-corrected chi connectivity index (χ3v) is 4.57. The first-order valence-electron chi connectivity index (χ1n) is 7.85. The largest absolute Gasteiger partial charge is 0.363 e. The summed E-state index contributed by atoms with van der Waals surface area (Å²) in [6.45, 7) is 3.14.